The number of amides is 3. The molecule has 8 nitrogen and oxygen atoms in total. The van der Waals surface area contributed by atoms with Crippen molar-refractivity contribution in [2.45, 2.75) is 0 Å². The van der Waals surface area contributed by atoms with Crippen LogP contribution in [0.2, 0.25) is 0 Å². The molecule has 4 N–H and O–H groups in total. The fourth-order valence-corrected chi connectivity index (χ4v) is 2.29. The third kappa shape index (κ3) is 3.86. The molecule has 25 heavy (non-hydrogen) atoms. The first-order valence-electron chi connectivity index (χ1n) is 7.41. The minimum absolute atomic E-state index is 0.0329. The van der Waals surface area contributed by atoms with E-state index in [2.05, 4.69) is 10.6 Å². The van der Waals surface area contributed by atoms with Gasteiger partial charge in [0.25, 0.3) is 17.7 Å². The summed E-state index contributed by atoms with van der Waals surface area (Å²) in [5.74, 6) is -0.422. The number of carbonyl (C=O) groups excluding carboxylic acids is 3. The number of hydrogen-bond donors (Lipinski definition) is 3. The van der Waals surface area contributed by atoms with Crippen LogP contribution in [0.25, 0.3) is 0 Å². The number of primary amides is 1. The molecule has 128 valence electrons. The van der Waals surface area contributed by atoms with E-state index in [1.807, 2.05) is 0 Å². The smallest absolute Gasteiger partial charge is 0.262 e. The van der Waals surface area contributed by atoms with Crippen molar-refractivity contribution < 1.29 is 23.9 Å². The van der Waals surface area contributed by atoms with Crippen molar-refractivity contribution in [3.05, 3.63) is 48.0 Å². The van der Waals surface area contributed by atoms with Crippen molar-refractivity contribution in [3.63, 3.8) is 0 Å². The molecule has 1 aliphatic rings. The highest BCUT2D eigenvalue weighted by molar-refractivity contribution is 6.03. The fourth-order valence-electron chi connectivity index (χ4n) is 2.29. The van der Waals surface area contributed by atoms with E-state index in [0.29, 0.717) is 22.9 Å². The number of benzene rings is 2. The Balaban J connectivity index is 1.62. The van der Waals surface area contributed by atoms with Gasteiger partial charge in [-0.15, -0.1) is 0 Å². The molecule has 0 radical (unpaired) electrons. The lowest BCUT2D eigenvalue weighted by Gasteiger charge is -2.18. The summed E-state index contributed by atoms with van der Waals surface area (Å²) in [7, 11) is 0. The molecule has 1 aliphatic heterocycles. The minimum atomic E-state index is -0.637. The molecule has 0 atom stereocenters. The van der Waals surface area contributed by atoms with Crippen LogP contribution in [0.5, 0.6) is 11.5 Å². The van der Waals surface area contributed by atoms with Gasteiger partial charge in [0.15, 0.2) is 13.2 Å². The SMILES string of the molecule is NC(=O)c1ccccc1NC(=O)COc1ccc2c(c1)NC(=O)CO2. The zero-order valence-corrected chi connectivity index (χ0v) is 13.1. The van der Waals surface area contributed by atoms with Crippen LogP contribution >= 0.6 is 0 Å². The average Bonchev–Trinajstić information content (AvgIpc) is 2.60. The quantitative estimate of drug-likeness (QED) is 0.753. The van der Waals surface area contributed by atoms with Gasteiger partial charge in [-0.25, -0.2) is 0 Å². The van der Waals surface area contributed by atoms with Crippen molar-refractivity contribution in [2.75, 3.05) is 23.8 Å². The molecule has 1 heterocycles. The lowest BCUT2D eigenvalue weighted by Crippen LogP contribution is -2.25. The van der Waals surface area contributed by atoms with Gasteiger partial charge in [0.1, 0.15) is 11.5 Å². The van der Waals surface area contributed by atoms with Gasteiger partial charge in [0, 0.05) is 6.07 Å². The normalized spacial score (nSPS) is 12.4. The maximum absolute atomic E-state index is 12.0. The summed E-state index contributed by atoms with van der Waals surface area (Å²) in [6.45, 7) is -0.310. The molecule has 0 spiro atoms. The third-order valence-corrected chi connectivity index (χ3v) is 3.42. The van der Waals surface area contributed by atoms with E-state index >= 15 is 0 Å². The van der Waals surface area contributed by atoms with Crippen LogP contribution in [-0.4, -0.2) is 30.9 Å². The molecule has 3 amide bonds. The van der Waals surface area contributed by atoms with Gasteiger partial charge in [-0.2, -0.15) is 0 Å². The molecule has 0 saturated carbocycles. The molecule has 0 unspecified atom stereocenters. The van der Waals surface area contributed by atoms with E-state index in [0.717, 1.165) is 0 Å². The fraction of sp³-hybridized carbons (Fsp3) is 0.118. The summed E-state index contributed by atoms with van der Waals surface area (Å²) >= 11 is 0. The first-order valence-corrected chi connectivity index (χ1v) is 7.41. The number of rotatable bonds is 5. The van der Waals surface area contributed by atoms with E-state index in [4.69, 9.17) is 15.2 Å². The van der Waals surface area contributed by atoms with Gasteiger partial charge in [-0.1, -0.05) is 12.1 Å². The monoisotopic (exact) mass is 341 g/mol. The Morgan fingerprint density at radius 1 is 1.24 bits per heavy atom. The Morgan fingerprint density at radius 2 is 2.04 bits per heavy atom. The van der Waals surface area contributed by atoms with Gasteiger partial charge in [-0.05, 0) is 24.3 Å². The lowest BCUT2D eigenvalue weighted by atomic mass is 10.1. The molecule has 3 rings (SSSR count). The Morgan fingerprint density at radius 3 is 2.84 bits per heavy atom. The van der Waals surface area contributed by atoms with E-state index in [9.17, 15) is 14.4 Å². The second-order valence-electron chi connectivity index (χ2n) is 5.24. The standard InChI is InChI=1S/C17H15N3O5/c18-17(23)11-3-1-2-4-12(11)19-15(21)8-24-10-5-6-14-13(7-10)20-16(22)9-25-14/h1-7H,8-9H2,(H2,18,23)(H,19,21)(H,20,22). The largest absolute Gasteiger partial charge is 0.484 e. The molecule has 2 aromatic carbocycles. The minimum Gasteiger partial charge on any atom is -0.484 e. The summed E-state index contributed by atoms with van der Waals surface area (Å²) < 4.78 is 10.6. The highest BCUT2D eigenvalue weighted by atomic mass is 16.5. The predicted molar refractivity (Wildman–Crippen MR) is 89.7 cm³/mol. The number of nitrogens with one attached hydrogen (secondary N) is 2. The van der Waals surface area contributed by atoms with Crippen LogP contribution < -0.4 is 25.8 Å². The van der Waals surface area contributed by atoms with Crippen molar-refractivity contribution in [2.24, 2.45) is 5.73 Å². The van der Waals surface area contributed by atoms with Gasteiger partial charge in [0.05, 0.1) is 16.9 Å². The van der Waals surface area contributed by atoms with Crippen molar-refractivity contribution in [1.82, 2.24) is 0 Å². The summed E-state index contributed by atoms with van der Waals surface area (Å²) in [6.07, 6.45) is 0. The van der Waals surface area contributed by atoms with Crippen LogP contribution in [0.3, 0.4) is 0 Å². The van der Waals surface area contributed by atoms with Crippen LogP contribution in [0.4, 0.5) is 11.4 Å². The number of anilines is 2. The van der Waals surface area contributed by atoms with E-state index in [1.54, 1.807) is 36.4 Å². The summed E-state index contributed by atoms with van der Waals surface area (Å²) in [4.78, 5) is 34.7. The summed E-state index contributed by atoms with van der Waals surface area (Å²) in [5, 5.41) is 5.22. The molecular formula is C17H15N3O5. The molecule has 2 aromatic rings. The maximum Gasteiger partial charge on any atom is 0.262 e. The topological polar surface area (TPSA) is 120 Å². The van der Waals surface area contributed by atoms with E-state index in [-0.39, 0.29) is 24.7 Å². The number of para-hydroxylation sites is 1. The second-order valence-corrected chi connectivity index (χ2v) is 5.24. The molecular weight excluding hydrogens is 326 g/mol. The third-order valence-electron chi connectivity index (χ3n) is 3.42. The second kappa shape index (κ2) is 6.91. The number of nitrogens with two attached hydrogens (primary N) is 1. The van der Waals surface area contributed by atoms with Gasteiger partial charge < -0.3 is 25.8 Å². The molecule has 0 fully saturated rings. The lowest BCUT2D eigenvalue weighted by molar-refractivity contribution is -0.119. The van der Waals surface area contributed by atoms with Crippen LogP contribution in [-0.2, 0) is 9.59 Å². The molecule has 0 aromatic heterocycles. The first kappa shape index (κ1) is 16.3. The Kier molecular flexibility index (Phi) is 4.51. The Bertz CT molecular complexity index is 850. The molecule has 0 saturated heterocycles. The summed E-state index contributed by atoms with van der Waals surface area (Å²) in [6, 6.07) is 11.3. The zero-order chi connectivity index (χ0) is 17.8. The van der Waals surface area contributed by atoms with Crippen molar-refractivity contribution in [3.8, 4) is 11.5 Å². The first-order chi connectivity index (χ1) is 12.0. The van der Waals surface area contributed by atoms with E-state index < -0.39 is 11.8 Å². The zero-order valence-electron chi connectivity index (χ0n) is 13.1. The highest BCUT2D eigenvalue weighted by Gasteiger charge is 2.17. The van der Waals surface area contributed by atoms with Crippen LogP contribution in [0.1, 0.15) is 10.4 Å². The van der Waals surface area contributed by atoms with Crippen molar-refractivity contribution in [1.29, 1.82) is 0 Å². The maximum atomic E-state index is 12.0. The Labute approximate surface area is 142 Å². The number of fused-ring (bicyclic) bond motifs is 1. The van der Waals surface area contributed by atoms with E-state index in [1.165, 1.54) is 6.07 Å². The number of ether oxygens (including phenoxy) is 2. The number of hydrogen-bond acceptors (Lipinski definition) is 5. The molecule has 0 bridgehead atoms. The number of carbonyl (C=O) groups is 3. The summed E-state index contributed by atoms with van der Waals surface area (Å²) in [5.41, 5.74) is 6.27. The van der Waals surface area contributed by atoms with Gasteiger partial charge in [0.2, 0.25) is 0 Å². The van der Waals surface area contributed by atoms with Crippen LogP contribution in [0, 0.1) is 0 Å². The predicted octanol–water partition coefficient (Wildman–Crippen LogP) is 1.13. The molecule has 0 aliphatic carbocycles. The van der Waals surface area contributed by atoms with Crippen molar-refractivity contribution >= 4 is 29.1 Å². The van der Waals surface area contributed by atoms with Gasteiger partial charge in [-0.3, -0.25) is 14.4 Å². The molecule has 8 heteroatoms. The highest BCUT2D eigenvalue weighted by Crippen LogP contribution is 2.31. The Hall–Kier alpha value is -3.55. The van der Waals surface area contributed by atoms with Crippen LogP contribution in [0.15, 0.2) is 42.5 Å². The van der Waals surface area contributed by atoms with Gasteiger partial charge >= 0.3 is 0 Å². The average molecular weight is 341 g/mol.